The van der Waals surface area contributed by atoms with Crippen LogP contribution in [0.3, 0.4) is 0 Å². The van der Waals surface area contributed by atoms with Crippen LogP contribution in [-0.2, 0) is 0 Å². The van der Waals surface area contributed by atoms with E-state index >= 15 is 0 Å². The molecule has 0 bridgehead atoms. The number of aromatic nitrogens is 3. The van der Waals surface area contributed by atoms with Gasteiger partial charge in [-0.2, -0.15) is 0 Å². The highest BCUT2D eigenvalue weighted by Gasteiger charge is 2.24. The molecule has 2 heterocycles. The molecule has 7 nitrogen and oxygen atoms in total. The molecule has 0 radical (unpaired) electrons. The SMILES string of the molecule is O=C(O)NC1CCC[C@@H](Nc2ncc(Cl)c(-c3c[nH]c4ccccc34)n2)C1. The van der Waals surface area contributed by atoms with Crippen LogP contribution in [0.1, 0.15) is 25.7 Å². The summed E-state index contributed by atoms with van der Waals surface area (Å²) in [5.74, 6) is 0.501. The third-order valence-corrected chi connectivity index (χ3v) is 5.20. The number of nitrogens with zero attached hydrogens (tertiary/aromatic N) is 2. The molecule has 1 aliphatic rings. The largest absolute Gasteiger partial charge is 0.465 e. The fourth-order valence-electron chi connectivity index (χ4n) is 3.70. The van der Waals surface area contributed by atoms with Crippen LogP contribution in [0, 0.1) is 0 Å². The monoisotopic (exact) mass is 385 g/mol. The van der Waals surface area contributed by atoms with Crippen molar-refractivity contribution in [1.82, 2.24) is 20.3 Å². The second-order valence-electron chi connectivity index (χ2n) is 6.79. The van der Waals surface area contributed by atoms with E-state index in [0.29, 0.717) is 23.1 Å². The van der Waals surface area contributed by atoms with E-state index in [0.717, 1.165) is 35.7 Å². The molecular formula is C19H20ClN5O2. The predicted molar refractivity (Wildman–Crippen MR) is 105 cm³/mol. The quantitative estimate of drug-likeness (QED) is 0.537. The number of carbonyl (C=O) groups is 1. The first kappa shape index (κ1) is 17.6. The summed E-state index contributed by atoms with van der Waals surface area (Å²) in [5.41, 5.74) is 2.62. The zero-order valence-corrected chi connectivity index (χ0v) is 15.3. The fourth-order valence-corrected chi connectivity index (χ4v) is 3.90. The number of hydrogen-bond donors (Lipinski definition) is 4. The van der Waals surface area contributed by atoms with Gasteiger partial charge in [0.15, 0.2) is 0 Å². The molecule has 4 rings (SSSR count). The molecule has 27 heavy (non-hydrogen) atoms. The van der Waals surface area contributed by atoms with E-state index in [4.69, 9.17) is 16.7 Å². The first-order valence-electron chi connectivity index (χ1n) is 8.95. The van der Waals surface area contributed by atoms with Crippen LogP contribution >= 0.6 is 11.6 Å². The van der Waals surface area contributed by atoms with Crippen molar-refractivity contribution in [3.63, 3.8) is 0 Å². The summed E-state index contributed by atoms with van der Waals surface area (Å²) >= 11 is 6.37. The Kier molecular flexibility index (Phi) is 4.85. The highest BCUT2D eigenvalue weighted by Crippen LogP contribution is 2.32. The number of aromatic amines is 1. The molecule has 1 saturated carbocycles. The van der Waals surface area contributed by atoms with Gasteiger partial charge < -0.3 is 20.7 Å². The number of amides is 1. The Morgan fingerprint density at radius 3 is 2.93 bits per heavy atom. The number of H-pyrrole nitrogens is 1. The smallest absolute Gasteiger partial charge is 0.404 e. The lowest BCUT2D eigenvalue weighted by atomic mass is 9.91. The number of rotatable bonds is 4. The Balaban J connectivity index is 1.57. The van der Waals surface area contributed by atoms with E-state index in [1.165, 1.54) is 0 Å². The first-order chi connectivity index (χ1) is 13.1. The van der Waals surface area contributed by atoms with Crippen molar-refractivity contribution in [2.24, 2.45) is 0 Å². The number of nitrogens with one attached hydrogen (secondary N) is 3. The fraction of sp³-hybridized carbons (Fsp3) is 0.316. The Morgan fingerprint density at radius 2 is 2.07 bits per heavy atom. The van der Waals surface area contributed by atoms with Crippen molar-refractivity contribution in [2.45, 2.75) is 37.8 Å². The minimum absolute atomic E-state index is 0.0471. The number of fused-ring (bicyclic) bond motifs is 1. The van der Waals surface area contributed by atoms with Crippen molar-refractivity contribution in [3.05, 3.63) is 41.7 Å². The van der Waals surface area contributed by atoms with Crippen molar-refractivity contribution in [2.75, 3.05) is 5.32 Å². The van der Waals surface area contributed by atoms with E-state index in [1.807, 2.05) is 30.5 Å². The molecule has 2 atom stereocenters. The summed E-state index contributed by atoms with van der Waals surface area (Å²) in [5, 5.41) is 16.4. The molecule has 2 aromatic heterocycles. The summed E-state index contributed by atoms with van der Waals surface area (Å²) < 4.78 is 0. The first-order valence-corrected chi connectivity index (χ1v) is 9.33. The van der Waals surface area contributed by atoms with Gasteiger partial charge in [0, 0.05) is 34.7 Å². The molecule has 0 aliphatic heterocycles. The number of anilines is 1. The lowest BCUT2D eigenvalue weighted by Crippen LogP contribution is -2.41. The summed E-state index contributed by atoms with van der Waals surface area (Å²) in [6, 6.07) is 8.05. The van der Waals surface area contributed by atoms with Gasteiger partial charge in [0.1, 0.15) is 0 Å². The summed E-state index contributed by atoms with van der Waals surface area (Å²) in [6.07, 6.45) is 5.98. The zero-order chi connectivity index (χ0) is 18.8. The number of hydrogen-bond acceptors (Lipinski definition) is 4. The van der Waals surface area contributed by atoms with Gasteiger partial charge in [0.25, 0.3) is 0 Å². The van der Waals surface area contributed by atoms with E-state index in [-0.39, 0.29) is 12.1 Å². The highest BCUT2D eigenvalue weighted by molar-refractivity contribution is 6.33. The molecular weight excluding hydrogens is 366 g/mol. The molecule has 1 aromatic carbocycles. The summed E-state index contributed by atoms with van der Waals surface area (Å²) in [6.45, 7) is 0. The van der Waals surface area contributed by atoms with Gasteiger partial charge in [0.2, 0.25) is 5.95 Å². The van der Waals surface area contributed by atoms with E-state index < -0.39 is 6.09 Å². The molecule has 140 valence electrons. The predicted octanol–water partition coefficient (Wildman–Crippen LogP) is 4.27. The average Bonchev–Trinajstić information content (AvgIpc) is 3.07. The maximum absolute atomic E-state index is 10.9. The van der Waals surface area contributed by atoms with Gasteiger partial charge in [-0.1, -0.05) is 29.8 Å². The van der Waals surface area contributed by atoms with Crippen LogP contribution in [0.5, 0.6) is 0 Å². The van der Waals surface area contributed by atoms with Crippen LogP contribution in [0.25, 0.3) is 22.2 Å². The van der Waals surface area contributed by atoms with Crippen molar-refractivity contribution in [1.29, 1.82) is 0 Å². The Hall–Kier alpha value is -2.80. The standard InChI is InChI=1S/C19H20ClN5O2/c20-15-10-22-18(23-11-4-3-5-12(8-11)24-19(26)27)25-17(15)14-9-21-16-7-2-1-6-13(14)16/h1-2,6-7,9-12,21,24H,3-5,8H2,(H,26,27)(H,22,23,25)/t11-,12?/m1/s1. The van der Waals surface area contributed by atoms with Crippen molar-refractivity contribution < 1.29 is 9.90 Å². The molecule has 0 saturated heterocycles. The topological polar surface area (TPSA) is 103 Å². The van der Waals surface area contributed by atoms with Gasteiger partial charge in [-0.25, -0.2) is 14.8 Å². The number of halogens is 1. The molecule has 8 heteroatoms. The van der Waals surface area contributed by atoms with Crippen LogP contribution in [0.2, 0.25) is 5.02 Å². The van der Waals surface area contributed by atoms with Crippen LogP contribution in [-0.4, -0.2) is 38.2 Å². The minimum atomic E-state index is -0.981. The van der Waals surface area contributed by atoms with Gasteiger partial charge in [-0.3, -0.25) is 0 Å². The van der Waals surface area contributed by atoms with Crippen molar-refractivity contribution in [3.8, 4) is 11.3 Å². The summed E-state index contributed by atoms with van der Waals surface area (Å²) in [4.78, 5) is 23.1. The van der Waals surface area contributed by atoms with Gasteiger partial charge in [-0.15, -0.1) is 0 Å². The number of para-hydroxylation sites is 1. The number of benzene rings is 1. The Morgan fingerprint density at radius 1 is 1.26 bits per heavy atom. The third kappa shape index (κ3) is 3.83. The van der Waals surface area contributed by atoms with Crippen LogP contribution in [0.4, 0.5) is 10.7 Å². The van der Waals surface area contributed by atoms with Crippen molar-refractivity contribution >= 4 is 34.5 Å². The molecule has 1 unspecified atom stereocenters. The zero-order valence-electron chi connectivity index (χ0n) is 14.6. The Labute approximate surface area is 161 Å². The maximum atomic E-state index is 10.9. The van der Waals surface area contributed by atoms with Gasteiger partial charge >= 0.3 is 6.09 Å². The Bertz CT molecular complexity index is 974. The molecule has 1 aliphatic carbocycles. The van der Waals surface area contributed by atoms with Gasteiger partial charge in [0.05, 0.1) is 16.9 Å². The molecule has 4 N–H and O–H groups in total. The molecule has 1 fully saturated rings. The number of carboxylic acid groups (broad SMARTS) is 1. The lowest BCUT2D eigenvalue weighted by molar-refractivity contribution is 0.185. The van der Waals surface area contributed by atoms with Crippen LogP contribution in [0.15, 0.2) is 36.7 Å². The molecule has 3 aromatic rings. The average molecular weight is 386 g/mol. The van der Waals surface area contributed by atoms with E-state index in [1.54, 1.807) is 6.20 Å². The molecule has 0 spiro atoms. The van der Waals surface area contributed by atoms with Crippen LogP contribution < -0.4 is 10.6 Å². The third-order valence-electron chi connectivity index (χ3n) is 4.92. The maximum Gasteiger partial charge on any atom is 0.404 e. The lowest BCUT2D eigenvalue weighted by Gasteiger charge is -2.29. The second kappa shape index (κ2) is 7.44. The summed E-state index contributed by atoms with van der Waals surface area (Å²) in [7, 11) is 0. The van der Waals surface area contributed by atoms with Gasteiger partial charge in [-0.05, 0) is 31.7 Å². The molecule has 1 amide bonds. The second-order valence-corrected chi connectivity index (χ2v) is 7.20. The minimum Gasteiger partial charge on any atom is -0.465 e. The highest BCUT2D eigenvalue weighted by atomic mass is 35.5. The normalized spacial score (nSPS) is 19.7. The van der Waals surface area contributed by atoms with E-state index in [9.17, 15) is 4.79 Å². The van der Waals surface area contributed by atoms with E-state index in [2.05, 4.69) is 25.6 Å².